The Morgan fingerprint density at radius 2 is 2.03 bits per heavy atom. The van der Waals surface area contributed by atoms with Gasteiger partial charge in [-0.3, -0.25) is 10.3 Å². The van der Waals surface area contributed by atoms with E-state index in [9.17, 15) is 4.39 Å². The van der Waals surface area contributed by atoms with Crippen molar-refractivity contribution in [2.24, 2.45) is 4.99 Å². The van der Waals surface area contributed by atoms with Crippen molar-refractivity contribution in [3.8, 4) is 0 Å². The summed E-state index contributed by atoms with van der Waals surface area (Å²) >= 11 is 0. The van der Waals surface area contributed by atoms with Gasteiger partial charge in [-0.15, -0.1) is 0 Å². The number of para-hydroxylation sites is 1. The van der Waals surface area contributed by atoms with Crippen molar-refractivity contribution >= 4 is 17.2 Å². The second-order valence-corrected chi connectivity index (χ2v) is 8.06. The Morgan fingerprint density at radius 3 is 2.88 bits per heavy atom. The number of amidine groups is 1. The summed E-state index contributed by atoms with van der Waals surface area (Å²) < 4.78 is 13.6. The van der Waals surface area contributed by atoms with Gasteiger partial charge < -0.3 is 10.6 Å². The molecule has 0 radical (unpaired) electrons. The maximum atomic E-state index is 13.6. The van der Waals surface area contributed by atoms with Crippen LogP contribution in [0.4, 0.5) is 15.8 Å². The molecule has 1 aliphatic carbocycles. The molecular weight excluding hydrogens is 399 g/mol. The predicted octanol–water partition coefficient (Wildman–Crippen LogP) is 6.01. The fourth-order valence-electron chi connectivity index (χ4n) is 3.78. The molecule has 4 nitrogen and oxygen atoms in total. The molecule has 3 N–H and O–H groups in total. The summed E-state index contributed by atoms with van der Waals surface area (Å²) in [4.78, 5) is 4.64. The van der Waals surface area contributed by atoms with E-state index in [1.54, 1.807) is 13.0 Å². The molecule has 0 fully saturated rings. The highest BCUT2D eigenvalue weighted by Crippen LogP contribution is 2.23. The van der Waals surface area contributed by atoms with Crippen LogP contribution in [-0.4, -0.2) is 18.5 Å². The molecule has 1 heterocycles. The number of halogens is 1. The van der Waals surface area contributed by atoms with Crippen LogP contribution in [0.5, 0.6) is 0 Å². The summed E-state index contributed by atoms with van der Waals surface area (Å²) in [5.41, 5.74) is 6.15. The number of anilines is 2. The van der Waals surface area contributed by atoms with Crippen molar-refractivity contribution in [2.45, 2.75) is 32.7 Å². The Kier molecular flexibility index (Phi) is 6.97. The van der Waals surface area contributed by atoms with Crippen LogP contribution in [0, 0.1) is 19.7 Å². The number of fused-ring (bicyclic) bond motifs is 1. The maximum absolute atomic E-state index is 13.6. The van der Waals surface area contributed by atoms with Crippen molar-refractivity contribution in [3.05, 3.63) is 107 Å². The molecule has 0 spiro atoms. The zero-order valence-electron chi connectivity index (χ0n) is 18.5. The number of benzene rings is 2. The molecule has 2 aliphatic rings. The van der Waals surface area contributed by atoms with Gasteiger partial charge in [0, 0.05) is 16.9 Å². The van der Waals surface area contributed by atoms with Gasteiger partial charge in [0.1, 0.15) is 11.7 Å². The second kappa shape index (κ2) is 10.2. The van der Waals surface area contributed by atoms with Crippen LogP contribution in [0.25, 0.3) is 0 Å². The highest BCUT2D eigenvalue weighted by Gasteiger charge is 2.22. The molecule has 0 saturated carbocycles. The lowest BCUT2D eigenvalue weighted by atomic mass is 10.0. The third-order valence-corrected chi connectivity index (χ3v) is 5.63. The molecule has 1 atom stereocenters. The number of aliphatic imine (C=N–C) groups is 1. The molecule has 0 amide bonds. The smallest absolute Gasteiger partial charge is 0.131 e. The average molecular weight is 429 g/mol. The van der Waals surface area contributed by atoms with Gasteiger partial charge in [-0.25, -0.2) is 4.39 Å². The van der Waals surface area contributed by atoms with E-state index in [-0.39, 0.29) is 11.9 Å². The van der Waals surface area contributed by atoms with Crippen LogP contribution in [0.1, 0.15) is 24.0 Å². The maximum Gasteiger partial charge on any atom is 0.131 e. The summed E-state index contributed by atoms with van der Waals surface area (Å²) in [5, 5.41) is 10.2. The molecule has 2 aromatic carbocycles. The lowest BCUT2D eigenvalue weighted by Crippen LogP contribution is -2.39. The Morgan fingerprint density at radius 1 is 1.16 bits per heavy atom. The molecule has 2 aromatic rings. The van der Waals surface area contributed by atoms with Crippen LogP contribution < -0.4 is 16.0 Å². The number of rotatable bonds is 6. The second-order valence-electron chi connectivity index (χ2n) is 8.06. The number of nitrogens with one attached hydrogen (secondary N) is 3. The molecule has 32 heavy (non-hydrogen) atoms. The number of allylic oxidation sites excluding steroid dienone is 5. The van der Waals surface area contributed by atoms with Gasteiger partial charge in [-0.1, -0.05) is 48.6 Å². The summed E-state index contributed by atoms with van der Waals surface area (Å²) in [7, 11) is 0. The Labute approximate surface area is 189 Å². The molecule has 1 aliphatic heterocycles. The summed E-state index contributed by atoms with van der Waals surface area (Å²) in [6, 6.07) is 13.4. The number of hydrogen-bond acceptors (Lipinski definition) is 4. The topological polar surface area (TPSA) is 48.5 Å². The van der Waals surface area contributed by atoms with E-state index in [0.717, 1.165) is 35.6 Å². The lowest BCUT2D eigenvalue weighted by Gasteiger charge is -2.25. The van der Waals surface area contributed by atoms with Gasteiger partial charge in [0.05, 0.1) is 12.7 Å². The first kappa shape index (κ1) is 21.8. The Hall–Kier alpha value is -3.44. The van der Waals surface area contributed by atoms with Gasteiger partial charge in [0.25, 0.3) is 0 Å². The van der Waals surface area contributed by atoms with Gasteiger partial charge in [-0.05, 0) is 73.9 Å². The Bertz CT molecular complexity index is 1120. The van der Waals surface area contributed by atoms with E-state index in [2.05, 4.69) is 70.4 Å². The normalized spacial score (nSPS) is 17.8. The highest BCUT2D eigenvalue weighted by atomic mass is 19.1. The summed E-state index contributed by atoms with van der Waals surface area (Å²) in [6.07, 6.45) is 14.7. The quantitative estimate of drug-likeness (QED) is 0.528. The van der Waals surface area contributed by atoms with Gasteiger partial charge in [0.2, 0.25) is 0 Å². The van der Waals surface area contributed by atoms with E-state index < -0.39 is 0 Å². The number of hydrogen-bond donors (Lipinski definition) is 3. The fourth-order valence-corrected chi connectivity index (χ4v) is 3.78. The first-order valence-electron chi connectivity index (χ1n) is 11.0. The molecular formula is C27H29FN4. The first-order chi connectivity index (χ1) is 15.6. The van der Waals surface area contributed by atoms with E-state index in [0.29, 0.717) is 12.2 Å². The van der Waals surface area contributed by atoms with Crippen LogP contribution >= 0.6 is 0 Å². The first-order valence-corrected chi connectivity index (χ1v) is 11.0. The van der Waals surface area contributed by atoms with Crippen LogP contribution in [0.15, 0.2) is 95.2 Å². The third-order valence-electron chi connectivity index (χ3n) is 5.63. The monoisotopic (exact) mass is 428 g/mol. The number of aryl methyl sites for hydroxylation is 2. The van der Waals surface area contributed by atoms with E-state index >= 15 is 0 Å². The largest absolute Gasteiger partial charge is 0.362 e. The average Bonchev–Trinajstić information content (AvgIpc) is 3.00. The van der Waals surface area contributed by atoms with Crippen molar-refractivity contribution in [3.63, 3.8) is 0 Å². The molecule has 5 heteroatoms. The van der Waals surface area contributed by atoms with E-state index in [1.165, 1.54) is 17.2 Å². The molecule has 4 rings (SSSR count). The van der Waals surface area contributed by atoms with E-state index in [1.807, 2.05) is 24.4 Å². The predicted molar refractivity (Wildman–Crippen MR) is 132 cm³/mol. The zero-order chi connectivity index (χ0) is 22.3. The Balaban J connectivity index is 1.41. The van der Waals surface area contributed by atoms with Crippen LogP contribution in [-0.2, 0) is 0 Å². The van der Waals surface area contributed by atoms with Crippen molar-refractivity contribution in [1.29, 1.82) is 0 Å². The molecule has 0 saturated heterocycles. The van der Waals surface area contributed by atoms with E-state index in [4.69, 9.17) is 0 Å². The number of nitrogens with zero attached hydrogens (tertiary/aromatic N) is 1. The van der Waals surface area contributed by atoms with Gasteiger partial charge in [0.15, 0.2) is 0 Å². The minimum absolute atomic E-state index is 0.101. The third kappa shape index (κ3) is 5.42. The highest BCUT2D eigenvalue weighted by molar-refractivity contribution is 6.09. The van der Waals surface area contributed by atoms with Gasteiger partial charge >= 0.3 is 0 Å². The summed E-state index contributed by atoms with van der Waals surface area (Å²) in [6.45, 7) is 4.40. The minimum Gasteiger partial charge on any atom is -0.362 e. The fraction of sp³-hybridized carbons (Fsp3) is 0.222. The zero-order valence-corrected chi connectivity index (χ0v) is 18.5. The SMILES string of the molecule is Cc1cc(NC2=NCNC3C=CC=C(CC/C=C/Nc4ccccc4C)C=C23)ccc1F. The van der Waals surface area contributed by atoms with Crippen LogP contribution in [0.2, 0.25) is 0 Å². The molecule has 0 bridgehead atoms. The molecule has 0 aromatic heterocycles. The van der Waals surface area contributed by atoms with Crippen molar-refractivity contribution < 1.29 is 4.39 Å². The molecule has 1 unspecified atom stereocenters. The molecule has 164 valence electrons. The van der Waals surface area contributed by atoms with Gasteiger partial charge in [-0.2, -0.15) is 0 Å². The van der Waals surface area contributed by atoms with Crippen LogP contribution in [0.3, 0.4) is 0 Å². The lowest BCUT2D eigenvalue weighted by molar-refractivity contribution is 0.619. The summed E-state index contributed by atoms with van der Waals surface area (Å²) in [5.74, 6) is 0.626. The van der Waals surface area contributed by atoms with Crippen molar-refractivity contribution in [2.75, 3.05) is 17.3 Å². The van der Waals surface area contributed by atoms with Crippen molar-refractivity contribution in [1.82, 2.24) is 5.32 Å². The standard InChI is InChI=1S/C27H29FN4/c1-19-8-3-4-11-25(19)29-15-6-5-9-21-10-7-12-26-23(17-21)27(31-18-30-26)32-22-13-14-24(28)20(2)16-22/h3-4,6-8,10-17,26,29-30H,5,9,18H2,1-2H3,(H,31,32)/b15-6+. The minimum atomic E-state index is -0.201.